The van der Waals surface area contributed by atoms with Gasteiger partial charge in [-0.1, -0.05) is 211 Å². The zero-order chi connectivity index (χ0) is 67.6. The van der Waals surface area contributed by atoms with Crippen LogP contribution in [0, 0.1) is 71.0 Å². The third-order valence-corrected chi connectivity index (χ3v) is 14.2. The van der Waals surface area contributed by atoms with E-state index in [2.05, 4.69) is 226 Å². The first kappa shape index (κ1) is 102. The van der Waals surface area contributed by atoms with Crippen molar-refractivity contribution in [1.82, 2.24) is 59.8 Å². The summed E-state index contributed by atoms with van der Waals surface area (Å²) in [4.78, 5) is 53.3. The highest BCUT2D eigenvalue weighted by atomic mass is 14.8. The Morgan fingerprint density at radius 3 is 0.656 bits per heavy atom. The topological polar surface area (TPSA) is 155 Å². The van der Waals surface area contributed by atoms with Gasteiger partial charge in [0.2, 0.25) is 0 Å². The first-order chi connectivity index (χ1) is 42.5. The molecule has 12 heteroatoms. The number of hydrogen-bond donors (Lipinski definition) is 0. The number of nitrogens with zero attached hydrogens (tertiary/aromatic N) is 12. The Hall–Kier alpha value is -5.52. The van der Waals surface area contributed by atoms with Crippen LogP contribution in [-0.4, -0.2) is 59.8 Å². The first-order valence-corrected chi connectivity index (χ1v) is 35.3. The zero-order valence-corrected chi connectivity index (χ0v) is 62.0. The zero-order valence-electron chi connectivity index (χ0n) is 62.0. The van der Waals surface area contributed by atoms with E-state index in [1.165, 1.54) is 61.3 Å². The molecule has 0 N–H and O–H groups in total. The van der Waals surface area contributed by atoms with Crippen molar-refractivity contribution in [1.29, 1.82) is 0 Å². The van der Waals surface area contributed by atoms with Crippen LogP contribution < -0.4 is 0 Å². The molecule has 0 amide bonds. The average Bonchev–Trinajstić information content (AvgIpc) is 1.35. The van der Waals surface area contributed by atoms with Gasteiger partial charge < -0.3 is 0 Å². The minimum atomic E-state index is 0. The maximum Gasteiger partial charge on any atom is 0.0621 e. The fourth-order valence-corrected chi connectivity index (χ4v) is 9.17. The van der Waals surface area contributed by atoms with E-state index in [9.17, 15) is 0 Å². The molecular formula is C84H156N12. The fraction of sp³-hybridized carbons (Fsp3) is 0.714. The lowest BCUT2D eigenvalue weighted by molar-refractivity contribution is 0.560. The van der Waals surface area contributed by atoms with Crippen molar-refractivity contribution < 1.29 is 0 Å². The van der Waals surface area contributed by atoms with Gasteiger partial charge in [-0.25, -0.2) is 0 Å². The molecule has 0 radical (unpaired) electrons. The van der Waals surface area contributed by atoms with E-state index in [0.717, 1.165) is 158 Å². The molecule has 552 valence electrons. The van der Waals surface area contributed by atoms with Crippen molar-refractivity contribution in [2.75, 3.05) is 0 Å². The van der Waals surface area contributed by atoms with E-state index in [1.807, 2.05) is 62.0 Å². The monoisotopic (exact) mass is 1330 g/mol. The second kappa shape index (κ2) is 59.5. The van der Waals surface area contributed by atoms with E-state index in [4.69, 9.17) is 0 Å². The number of rotatable bonds is 30. The predicted octanol–water partition coefficient (Wildman–Crippen LogP) is 23.4. The van der Waals surface area contributed by atoms with Crippen LogP contribution >= 0.6 is 0 Å². The van der Waals surface area contributed by atoms with Crippen LogP contribution in [0.4, 0.5) is 0 Å². The molecule has 0 spiro atoms. The summed E-state index contributed by atoms with van der Waals surface area (Å²) in [6.07, 6.45) is 42.2. The molecule has 0 aliphatic heterocycles. The average molecular weight is 1330 g/mol. The van der Waals surface area contributed by atoms with E-state index >= 15 is 0 Å². The molecule has 0 saturated carbocycles. The largest absolute Gasteiger partial charge is 0.261 e. The van der Waals surface area contributed by atoms with Gasteiger partial charge in [-0.15, -0.1) is 0 Å². The minimum Gasteiger partial charge on any atom is -0.261 e. The number of aryl methyl sites for hydroxylation is 6. The Morgan fingerprint density at radius 1 is 0.198 bits per heavy atom. The predicted molar refractivity (Wildman–Crippen MR) is 423 cm³/mol. The summed E-state index contributed by atoms with van der Waals surface area (Å²) in [7, 11) is 0. The molecule has 12 nitrogen and oxygen atoms in total. The van der Waals surface area contributed by atoms with E-state index in [-0.39, 0.29) is 44.6 Å². The molecule has 6 aromatic rings. The van der Waals surface area contributed by atoms with E-state index < -0.39 is 0 Å². The van der Waals surface area contributed by atoms with Crippen LogP contribution in [0.3, 0.4) is 0 Å². The maximum absolute atomic E-state index is 4.65. The highest BCUT2D eigenvalue weighted by molar-refractivity contribution is 5.13. The Balaban J connectivity index is -0.000000250. The third-order valence-electron chi connectivity index (χ3n) is 14.2. The molecule has 0 unspecified atom stereocenters. The first-order valence-electron chi connectivity index (χ1n) is 35.3. The van der Waals surface area contributed by atoms with E-state index in [0.29, 0.717) is 35.5 Å². The molecule has 0 fully saturated rings. The van der Waals surface area contributed by atoms with Crippen LogP contribution in [0.2, 0.25) is 0 Å². The number of hydrogen-bond acceptors (Lipinski definition) is 12. The quantitative estimate of drug-likeness (QED) is 0.0421. The van der Waals surface area contributed by atoms with Crippen LogP contribution in [0.25, 0.3) is 0 Å². The summed E-state index contributed by atoms with van der Waals surface area (Å²) in [5, 5.41) is 0. The van der Waals surface area contributed by atoms with Crippen molar-refractivity contribution in [2.45, 2.75) is 326 Å². The molecule has 0 atom stereocenters. The van der Waals surface area contributed by atoms with Gasteiger partial charge in [-0.3, -0.25) is 59.8 Å². The van der Waals surface area contributed by atoms with Crippen LogP contribution in [-0.2, 0) is 77.0 Å². The van der Waals surface area contributed by atoms with Gasteiger partial charge in [0, 0.05) is 74.4 Å². The van der Waals surface area contributed by atoms with Crippen LogP contribution in [0.15, 0.2) is 74.4 Å². The summed E-state index contributed by atoms with van der Waals surface area (Å²) in [5.74, 6) is 8.33. The Bertz CT molecular complexity index is 2500. The second-order valence-corrected chi connectivity index (χ2v) is 30.1. The SMILES string of the molecule is C.C.C.C.C.C.CC(C)CCc1cnc(CCC(C)C)cn1.CC(C)CCc1cncc(CCC(C)C)n1.CC(C)CCc1nccnc1CCC(C)C.CC(C)Cc1cnc(CC(C)C)cn1.CC(C)Cc1cncc(CC(C)C)n1.CC(C)Cc1nccnc1CC(C)C. The summed E-state index contributed by atoms with van der Waals surface area (Å²) < 4.78 is 0. The van der Waals surface area contributed by atoms with Crippen molar-refractivity contribution in [3.05, 3.63) is 143 Å². The Labute approximate surface area is 596 Å². The lowest BCUT2D eigenvalue weighted by atomic mass is 10.0. The van der Waals surface area contributed by atoms with Crippen molar-refractivity contribution in [3.63, 3.8) is 0 Å². The molecule has 0 saturated heterocycles. The van der Waals surface area contributed by atoms with Crippen LogP contribution in [0.5, 0.6) is 0 Å². The summed E-state index contributed by atoms with van der Waals surface area (Å²) >= 11 is 0. The molecule has 96 heavy (non-hydrogen) atoms. The second-order valence-electron chi connectivity index (χ2n) is 30.1. The molecular weight excluding hydrogens is 1180 g/mol. The summed E-state index contributed by atoms with van der Waals surface area (Å²) in [6, 6.07) is 0. The third kappa shape index (κ3) is 55.5. The van der Waals surface area contributed by atoms with E-state index in [1.54, 1.807) is 12.4 Å². The molecule has 0 aliphatic rings. The lowest BCUT2D eigenvalue weighted by Crippen LogP contribution is -2.07. The summed E-state index contributed by atoms with van der Waals surface area (Å²) in [6.45, 7) is 53.4. The molecule has 6 aromatic heterocycles. The van der Waals surface area contributed by atoms with Gasteiger partial charge in [-0.05, 0) is 187 Å². The molecule has 0 bridgehead atoms. The van der Waals surface area contributed by atoms with Crippen LogP contribution in [0.1, 0.15) is 318 Å². The maximum atomic E-state index is 4.65. The molecule has 6 heterocycles. The van der Waals surface area contributed by atoms with Gasteiger partial charge in [0.15, 0.2) is 0 Å². The van der Waals surface area contributed by atoms with Crippen molar-refractivity contribution in [3.8, 4) is 0 Å². The fourth-order valence-electron chi connectivity index (χ4n) is 9.17. The minimum absolute atomic E-state index is 0. The molecule has 0 aromatic carbocycles. The summed E-state index contributed by atoms with van der Waals surface area (Å²) in [5.41, 5.74) is 13.8. The number of aromatic nitrogens is 12. The van der Waals surface area contributed by atoms with Gasteiger partial charge in [0.1, 0.15) is 0 Å². The Morgan fingerprint density at radius 2 is 0.406 bits per heavy atom. The standard InChI is InChI=1S/3C14H24N2.3C12H20N2.6CH4/c1-11(2)5-7-13-9-16-14(10-15-13)8-6-12(3)4;1-11(2)5-7-13-9-15-10-14(16-13)8-6-12(3)4;1-11(2)5-7-13-14(8-6-12(3)4)16-10-9-15-13;1-9(2)5-11-7-14-12(8-13-11)6-10(3)4;1-9(2)5-11-7-13-8-12(14-11)6-10(3)4;1-9(2)7-11-12(8-10(3)4)14-6-5-13-11;;;;;;/h3*9-12H,5-8H2,1-4H3;2*7-10H,5-6H2,1-4H3;5-6,9-10H,7-8H2,1-4H3;6*1H4. The van der Waals surface area contributed by atoms with Gasteiger partial charge in [0.05, 0.1) is 68.3 Å². The van der Waals surface area contributed by atoms with Crippen molar-refractivity contribution in [2.24, 2.45) is 71.0 Å². The van der Waals surface area contributed by atoms with Gasteiger partial charge in [-0.2, -0.15) is 0 Å². The Kier molecular flexibility index (Phi) is 62.9. The molecule has 6 rings (SSSR count). The van der Waals surface area contributed by atoms with Crippen molar-refractivity contribution >= 4 is 0 Å². The smallest absolute Gasteiger partial charge is 0.0621 e. The van der Waals surface area contributed by atoms with Gasteiger partial charge >= 0.3 is 0 Å². The normalized spacial score (nSPS) is 10.6. The lowest BCUT2D eigenvalue weighted by Gasteiger charge is -2.10. The van der Waals surface area contributed by atoms with Gasteiger partial charge in [0.25, 0.3) is 0 Å². The highest BCUT2D eigenvalue weighted by Crippen LogP contribution is 2.17. The molecule has 0 aliphatic carbocycles. The highest BCUT2D eigenvalue weighted by Gasteiger charge is 2.11.